The van der Waals surface area contributed by atoms with E-state index in [1.165, 1.54) is 13.0 Å². The normalized spacial score (nSPS) is 10.1. The van der Waals surface area contributed by atoms with Gasteiger partial charge >= 0.3 is 0 Å². The summed E-state index contributed by atoms with van der Waals surface area (Å²) in [6.45, 7) is 8.31. The number of nitrogens with two attached hydrogens (primary N) is 2. The third kappa shape index (κ3) is 7.58. The van der Waals surface area contributed by atoms with Crippen LogP contribution in [0.1, 0.15) is 19.8 Å². The van der Waals surface area contributed by atoms with Crippen LogP contribution in [0.5, 0.6) is 0 Å². The van der Waals surface area contributed by atoms with E-state index in [2.05, 4.69) is 6.58 Å². The summed E-state index contributed by atoms with van der Waals surface area (Å²) < 4.78 is 0. The molecule has 0 rings (SSSR count). The molecule has 0 saturated heterocycles. The molecule has 6 nitrogen and oxygen atoms in total. The molecule has 0 aliphatic rings. The molecular formula is C13H26N4O2. The van der Waals surface area contributed by atoms with Gasteiger partial charge in [0.25, 0.3) is 0 Å². The van der Waals surface area contributed by atoms with Crippen LogP contribution in [-0.2, 0) is 9.59 Å². The minimum Gasteiger partial charge on any atom is -0.341 e. The van der Waals surface area contributed by atoms with E-state index < -0.39 is 0 Å². The Labute approximate surface area is 115 Å². The lowest BCUT2D eigenvalue weighted by Crippen LogP contribution is -2.41. The summed E-state index contributed by atoms with van der Waals surface area (Å²) in [6.07, 6.45) is 2.79. The van der Waals surface area contributed by atoms with Crippen molar-refractivity contribution >= 4 is 11.8 Å². The average Bonchev–Trinajstić information content (AvgIpc) is 2.40. The highest BCUT2D eigenvalue weighted by atomic mass is 16.2. The van der Waals surface area contributed by atoms with E-state index in [-0.39, 0.29) is 11.8 Å². The lowest BCUT2D eigenvalue weighted by Gasteiger charge is -2.26. The van der Waals surface area contributed by atoms with Gasteiger partial charge in [-0.1, -0.05) is 6.58 Å². The predicted molar refractivity (Wildman–Crippen MR) is 76.4 cm³/mol. The van der Waals surface area contributed by atoms with Crippen molar-refractivity contribution in [2.24, 2.45) is 11.5 Å². The van der Waals surface area contributed by atoms with E-state index in [0.29, 0.717) is 39.3 Å². The summed E-state index contributed by atoms with van der Waals surface area (Å²) in [5, 5.41) is 0. The molecule has 0 aliphatic carbocycles. The number of hydrogen-bond acceptors (Lipinski definition) is 4. The van der Waals surface area contributed by atoms with Crippen LogP contribution in [-0.4, -0.2) is 60.9 Å². The summed E-state index contributed by atoms with van der Waals surface area (Å²) in [7, 11) is 0. The molecule has 0 saturated carbocycles. The van der Waals surface area contributed by atoms with Gasteiger partial charge in [0.2, 0.25) is 11.8 Å². The van der Waals surface area contributed by atoms with E-state index in [0.717, 1.165) is 12.8 Å². The van der Waals surface area contributed by atoms with Gasteiger partial charge in [-0.05, 0) is 32.0 Å². The third-order valence-electron chi connectivity index (χ3n) is 2.84. The summed E-state index contributed by atoms with van der Waals surface area (Å²) in [6, 6.07) is 0. The molecule has 0 aromatic rings. The highest BCUT2D eigenvalue weighted by molar-refractivity contribution is 5.87. The number of hydrogen-bond donors (Lipinski definition) is 2. The monoisotopic (exact) mass is 270 g/mol. The minimum atomic E-state index is -0.129. The zero-order valence-corrected chi connectivity index (χ0v) is 11.8. The molecule has 110 valence electrons. The van der Waals surface area contributed by atoms with E-state index in [1.807, 2.05) is 0 Å². The Balaban J connectivity index is 4.35. The summed E-state index contributed by atoms with van der Waals surface area (Å²) in [5.74, 6) is -0.131. The largest absolute Gasteiger partial charge is 0.341 e. The number of carbonyl (C=O) groups is 2. The predicted octanol–water partition coefficient (Wildman–Crippen LogP) is -0.453. The van der Waals surface area contributed by atoms with Crippen molar-refractivity contribution in [1.82, 2.24) is 9.80 Å². The van der Waals surface area contributed by atoms with Crippen molar-refractivity contribution < 1.29 is 9.59 Å². The number of nitrogens with zero attached hydrogens (tertiary/aromatic N) is 2. The van der Waals surface area contributed by atoms with Gasteiger partial charge < -0.3 is 21.3 Å². The Morgan fingerprint density at radius 1 is 1.00 bits per heavy atom. The molecule has 2 amide bonds. The molecule has 0 aromatic heterocycles. The first kappa shape index (κ1) is 17.6. The Kier molecular flexibility index (Phi) is 9.74. The van der Waals surface area contributed by atoms with Crippen molar-refractivity contribution in [2.75, 3.05) is 39.3 Å². The average molecular weight is 270 g/mol. The maximum atomic E-state index is 11.7. The zero-order valence-electron chi connectivity index (χ0n) is 11.8. The van der Waals surface area contributed by atoms with Gasteiger partial charge in [-0.25, -0.2) is 0 Å². The fourth-order valence-corrected chi connectivity index (χ4v) is 1.69. The molecular weight excluding hydrogens is 244 g/mol. The van der Waals surface area contributed by atoms with Crippen LogP contribution >= 0.6 is 0 Å². The lowest BCUT2D eigenvalue weighted by molar-refractivity contribution is -0.131. The first-order valence-corrected chi connectivity index (χ1v) is 6.63. The molecule has 0 aromatic carbocycles. The van der Waals surface area contributed by atoms with Gasteiger partial charge in [0.05, 0.1) is 0 Å². The molecule has 19 heavy (non-hydrogen) atoms. The highest BCUT2D eigenvalue weighted by Gasteiger charge is 2.13. The van der Waals surface area contributed by atoms with Crippen LogP contribution in [0.3, 0.4) is 0 Å². The lowest BCUT2D eigenvalue weighted by atomic mass is 10.3. The van der Waals surface area contributed by atoms with E-state index >= 15 is 0 Å². The Morgan fingerprint density at radius 2 is 1.47 bits per heavy atom. The fraction of sp³-hybridized carbons (Fsp3) is 0.692. The van der Waals surface area contributed by atoms with Crippen LogP contribution < -0.4 is 11.5 Å². The Bertz CT molecular complexity index is 294. The van der Waals surface area contributed by atoms with Crippen LogP contribution in [0.4, 0.5) is 0 Å². The number of carbonyl (C=O) groups excluding carboxylic acids is 2. The molecule has 0 fully saturated rings. The van der Waals surface area contributed by atoms with Crippen LogP contribution in [0.25, 0.3) is 0 Å². The highest BCUT2D eigenvalue weighted by Crippen LogP contribution is 1.98. The van der Waals surface area contributed by atoms with Crippen LogP contribution in [0, 0.1) is 0 Å². The van der Waals surface area contributed by atoms with Gasteiger partial charge in [0.1, 0.15) is 0 Å². The van der Waals surface area contributed by atoms with Gasteiger partial charge in [-0.2, -0.15) is 0 Å². The fourth-order valence-electron chi connectivity index (χ4n) is 1.69. The number of rotatable bonds is 10. The van der Waals surface area contributed by atoms with Crippen molar-refractivity contribution in [1.29, 1.82) is 0 Å². The smallest absolute Gasteiger partial charge is 0.246 e. The molecule has 0 spiro atoms. The van der Waals surface area contributed by atoms with Gasteiger partial charge in [-0.3, -0.25) is 9.59 Å². The van der Waals surface area contributed by atoms with Crippen molar-refractivity contribution in [3.63, 3.8) is 0 Å². The second-order valence-electron chi connectivity index (χ2n) is 4.32. The van der Waals surface area contributed by atoms with E-state index in [4.69, 9.17) is 11.5 Å². The maximum Gasteiger partial charge on any atom is 0.246 e. The van der Waals surface area contributed by atoms with Crippen molar-refractivity contribution in [3.8, 4) is 0 Å². The molecule has 4 N–H and O–H groups in total. The van der Waals surface area contributed by atoms with Crippen molar-refractivity contribution in [3.05, 3.63) is 12.7 Å². The number of amides is 2. The van der Waals surface area contributed by atoms with Gasteiger partial charge in [-0.15, -0.1) is 0 Å². The van der Waals surface area contributed by atoms with Crippen LogP contribution in [0.15, 0.2) is 12.7 Å². The summed E-state index contributed by atoms with van der Waals surface area (Å²) in [5.41, 5.74) is 10.9. The van der Waals surface area contributed by atoms with E-state index in [9.17, 15) is 9.59 Å². The molecule has 0 unspecified atom stereocenters. The van der Waals surface area contributed by atoms with Crippen molar-refractivity contribution in [2.45, 2.75) is 19.8 Å². The zero-order chi connectivity index (χ0) is 14.7. The molecule has 0 aliphatic heterocycles. The molecule has 6 heteroatoms. The standard InChI is InChI=1S/C13H26N4O2/c1-3-13(19)17(9-5-7-15)11-10-16(12(2)18)8-4-6-14/h3H,1,4-11,14-15H2,2H3. The third-order valence-corrected chi connectivity index (χ3v) is 2.84. The molecule has 0 bridgehead atoms. The molecule has 0 atom stereocenters. The Hall–Kier alpha value is -1.40. The SMILES string of the molecule is C=CC(=O)N(CCCN)CCN(CCCN)C(C)=O. The quantitative estimate of drug-likeness (QED) is 0.526. The second kappa shape index (κ2) is 10.5. The summed E-state index contributed by atoms with van der Waals surface area (Å²) >= 11 is 0. The molecule has 0 radical (unpaired) electrons. The van der Waals surface area contributed by atoms with Gasteiger partial charge in [0.15, 0.2) is 0 Å². The second-order valence-corrected chi connectivity index (χ2v) is 4.32. The summed E-state index contributed by atoms with van der Waals surface area (Å²) in [4.78, 5) is 26.5. The Morgan fingerprint density at radius 3 is 1.89 bits per heavy atom. The first-order chi connectivity index (χ1) is 9.06. The maximum absolute atomic E-state index is 11.7. The van der Waals surface area contributed by atoms with Gasteiger partial charge in [0, 0.05) is 33.1 Å². The van der Waals surface area contributed by atoms with E-state index in [1.54, 1.807) is 9.80 Å². The minimum absolute atomic E-state index is 0.00160. The van der Waals surface area contributed by atoms with Crippen LogP contribution in [0.2, 0.25) is 0 Å². The topological polar surface area (TPSA) is 92.7 Å². The first-order valence-electron chi connectivity index (χ1n) is 6.63. The molecule has 0 heterocycles.